The van der Waals surface area contributed by atoms with Crippen molar-refractivity contribution in [2.24, 2.45) is 0 Å². The van der Waals surface area contributed by atoms with E-state index in [9.17, 15) is 19.2 Å². The summed E-state index contributed by atoms with van der Waals surface area (Å²) in [6.45, 7) is 0.583. The number of carbonyl (C=O) groups excluding carboxylic acids is 4. The van der Waals surface area contributed by atoms with Crippen LogP contribution in [0.2, 0.25) is 0 Å². The number of thioether (sulfide) groups is 7. The Labute approximate surface area is 260 Å². The van der Waals surface area contributed by atoms with Crippen LogP contribution in [0.25, 0.3) is 0 Å². The van der Waals surface area contributed by atoms with Crippen molar-refractivity contribution in [3.8, 4) is 0 Å². The standard InChI is InChI=1S/C22H38O10S7/c23-13-36-17-38-15-31-21(27)3-9-33-7-1-19(25)29-5-11-35-12-6-30-20(26)2-8-34-10-4-22(28)32-16-39-18-37-14-24/h23-24H,1-18H2. The van der Waals surface area contributed by atoms with Crippen LogP contribution in [-0.2, 0) is 38.1 Å². The molecule has 0 aromatic rings. The highest BCUT2D eigenvalue weighted by molar-refractivity contribution is 8.16. The van der Waals surface area contributed by atoms with Gasteiger partial charge in [-0.2, -0.15) is 35.3 Å². The van der Waals surface area contributed by atoms with Crippen LogP contribution in [0.3, 0.4) is 0 Å². The molecule has 2 N–H and O–H groups in total. The van der Waals surface area contributed by atoms with Crippen LogP contribution in [-0.4, -0.2) is 116 Å². The summed E-state index contributed by atoms with van der Waals surface area (Å²) in [7, 11) is 0. The maximum Gasteiger partial charge on any atom is 0.307 e. The Morgan fingerprint density at radius 1 is 0.436 bits per heavy atom. The fourth-order valence-electron chi connectivity index (χ4n) is 2.12. The Bertz CT molecular complexity index is 594. The van der Waals surface area contributed by atoms with Crippen molar-refractivity contribution >= 4 is 106 Å². The lowest BCUT2D eigenvalue weighted by Crippen LogP contribution is -2.11. The first-order valence-electron chi connectivity index (χ1n) is 11.9. The number of hydrogen-bond donors (Lipinski definition) is 2. The zero-order chi connectivity index (χ0) is 28.8. The van der Waals surface area contributed by atoms with Gasteiger partial charge in [-0.15, -0.1) is 47.0 Å². The third kappa shape index (κ3) is 31.0. The van der Waals surface area contributed by atoms with Crippen LogP contribution in [0.15, 0.2) is 0 Å². The lowest BCUT2D eigenvalue weighted by atomic mass is 10.5. The van der Waals surface area contributed by atoms with Gasteiger partial charge in [-0.05, 0) is 0 Å². The summed E-state index contributed by atoms with van der Waals surface area (Å²) in [6, 6.07) is 0. The molecule has 17 heteroatoms. The minimum atomic E-state index is -0.281. The second-order valence-electron chi connectivity index (χ2n) is 6.86. The van der Waals surface area contributed by atoms with Gasteiger partial charge in [-0.1, -0.05) is 0 Å². The van der Waals surface area contributed by atoms with E-state index in [1.165, 1.54) is 82.3 Å². The summed E-state index contributed by atoms with van der Waals surface area (Å²) in [4.78, 5) is 46.6. The van der Waals surface area contributed by atoms with Gasteiger partial charge < -0.3 is 29.2 Å². The summed E-state index contributed by atoms with van der Waals surface area (Å²) >= 11 is 10.1. The summed E-state index contributed by atoms with van der Waals surface area (Å²) in [6.07, 6.45) is 1.13. The highest BCUT2D eigenvalue weighted by atomic mass is 32.2. The summed E-state index contributed by atoms with van der Waals surface area (Å²) in [5.41, 5.74) is 0. The van der Waals surface area contributed by atoms with Crippen LogP contribution in [0.5, 0.6) is 0 Å². The summed E-state index contributed by atoms with van der Waals surface area (Å²) in [5.74, 6) is 3.07. The Morgan fingerprint density at radius 2 is 0.769 bits per heavy atom. The van der Waals surface area contributed by atoms with Gasteiger partial charge in [0, 0.05) is 44.7 Å². The second kappa shape index (κ2) is 31.2. The van der Waals surface area contributed by atoms with Crippen molar-refractivity contribution in [3.63, 3.8) is 0 Å². The van der Waals surface area contributed by atoms with E-state index >= 15 is 0 Å². The zero-order valence-electron chi connectivity index (χ0n) is 21.7. The highest BCUT2D eigenvalue weighted by Crippen LogP contribution is 2.13. The highest BCUT2D eigenvalue weighted by Gasteiger charge is 2.07. The zero-order valence-corrected chi connectivity index (χ0v) is 27.5. The lowest BCUT2D eigenvalue weighted by molar-refractivity contribution is -0.143. The van der Waals surface area contributed by atoms with E-state index in [2.05, 4.69) is 0 Å². The van der Waals surface area contributed by atoms with Crippen molar-refractivity contribution in [2.45, 2.75) is 25.7 Å². The molecule has 0 saturated carbocycles. The van der Waals surface area contributed by atoms with E-state index in [1.807, 2.05) is 0 Å². The molecule has 10 nitrogen and oxygen atoms in total. The van der Waals surface area contributed by atoms with Crippen molar-refractivity contribution in [1.29, 1.82) is 0 Å². The molecule has 0 aliphatic carbocycles. The molecule has 0 unspecified atom stereocenters. The van der Waals surface area contributed by atoms with Gasteiger partial charge in [0.2, 0.25) is 0 Å². The number of hydrogen-bond acceptors (Lipinski definition) is 17. The third-order valence-corrected chi connectivity index (χ3v) is 10.4. The van der Waals surface area contributed by atoms with E-state index in [4.69, 9.17) is 29.2 Å². The number of carbonyl (C=O) groups is 4. The number of esters is 4. The van der Waals surface area contributed by atoms with Crippen molar-refractivity contribution in [1.82, 2.24) is 0 Å². The number of aliphatic hydroxyl groups is 2. The van der Waals surface area contributed by atoms with E-state index in [0.717, 1.165) is 0 Å². The Morgan fingerprint density at radius 3 is 1.13 bits per heavy atom. The van der Waals surface area contributed by atoms with Gasteiger partial charge in [-0.3, -0.25) is 19.2 Å². The van der Waals surface area contributed by atoms with Gasteiger partial charge in [0.05, 0.1) is 37.6 Å². The largest absolute Gasteiger partial charge is 0.465 e. The average molecular weight is 687 g/mol. The summed E-state index contributed by atoms with van der Waals surface area (Å²) < 4.78 is 20.4. The van der Waals surface area contributed by atoms with E-state index in [1.54, 1.807) is 0 Å². The molecule has 0 spiro atoms. The molecular formula is C22H38O10S7. The predicted octanol–water partition coefficient (Wildman–Crippen LogP) is 3.58. The fraction of sp³-hybridized carbons (Fsp3) is 0.818. The number of rotatable bonds is 28. The molecule has 0 radical (unpaired) electrons. The van der Waals surface area contributed by atoms with Gasteiger partial charge in [0.15, 0.2) is 0 Å². The molecule has 0 rings (SSSR count). The molecule has 0 atom stereocenters. The van der Waals surface area contributed by atoms with Gasteiger partial charge >= 0.3 is 23.9 Å². The van der Waals surface area contributed by atoms with Crippen molar-refractivity contribution < 1.29 is 48.3 Å². The Kier molecular flexibility index (Phi) is 31.4. The molecule has 39 heavy (non-hydrogen) atoms. The Hall–Kier alpha value is 0.250. The SMILES string of the molecule is O=C(CCSCCC(=O)OCSCSCO)OCCSCCOC(=O)CCSCCC(=O)OCSCSCO. The molecule has 0 heterocycles. The monoisotopic (exact) mass is 686 g/mol. The van der Waals surface area contributed by atoms with Gasteiger partial charge in [-0.25, -0.2) is 0 Å². The number of ether oxygens (including phenoxy) is 4. The van der Waals surface area contributed by atoms with Gasteiger partial charge in [0.1, 0.15) is 25.1 Å². The minimum Gasteiger partial charge on any atom is -0.465 e. The smallest absolute Gasteiger partial charge is 0.307 e. The van der Waals surface area contributed by atoms with Gasteiger partial charge in [0.25, 0.3) is 0 Å². The average Bonchev–Trinajstić information content (AvgIpc) is 2.91. The van der Waals surface area contributed by atoms with Crippen LogP contribution in [0.1, 0.15) is 25.7 Å². The molecule has 0 aromatic carbocycles. The first-order valence-corrected chi connectivity index (χ1v) is 20.0. The van der Waals surface area contributed by atoms with E-state index in [-0.39, 0.29) is 73.3 Å². The van der Waals surface area contributed by atoms with E-state index in [0.29, 0.717) is 57.9 Å². The molecular weight excluding hydrogens is 649 g/mol. The minimum absolute atomic E-state index is 0.0505. The fourth-order valence-corrected chi connectivity index (χ4v) is 6.89. The van der Waals surface area contributed by atoms with Crippen molar-refractivity contribution in [2.75, 3.05) is 81.7 Å². The first-order chi connectivity index (χ1) is 19.0. The molecule has 0 aromatic heterocycles. The van der Waals surface area contributed by atoms with Crippen LogP contribution in [0, 0.1) is 0 Å². The maximum absolute atomic E-state index is 11.7. The van der Waals surface area contributed by atoms with Crippen LogP contribution < -0.4 is 0 Å². The molecule has 0 fully saturated rings. The molecule has 0 bridgehead atoms. The molecule has 0 saturated heterocycles. The predicted molar refractivity (Wildman–Crippen MR) is 169 cm³/mol. The first kappa shape index (κ1) is 39.2. The van der Waals surface area contributed by atoms with Crippen LogP contribution >= 0.6 is 82.3 Å². The number of aliphatic hydroxyl groups excluding tert-OH is 2. The topological polar surface area (TPSA) is 146 Å². The molecule has 0 aliphatic heterocycles. The maximum atomic E-state index is 11.7. The second-order valence-corrected chi connectivity index (χ2v) is 15.0. The molecule has 0 aliphatic rings. The van der Waals surface area contributed by atoms with Crippen LogP contribution in [0.4, 0.5) is 0 Å². The quantitative estimate of drug-likeness (QED) is 0.0535. The molecule has 228 valence electrons. The normalized spacial score (nSPS) is 10.7. The van der Waals surface area contributed by atoms with Crippen molar-refractivity contribution in [3.05, 3.63) is 0 Å². The third-order valence-electron chi connectivity index (χ3n) is 3.91. The Balaban J connectivity index is 3.41. The summed E-state index contributed by atoms with van der Waals surface area (Å²) in [5, 5.41) is 18.6. The lowest BCUT2D eigenvalue weighted by Gasteiger charge is -2.07. The van der Waals surface area contributed by atoms with E-state index < -0.39 is 0 Å². The molecule has 0 amide bonds.